The van der Waals surface area contributed by atoms with Gasteiger partial charge < -0.3 is 24.4 Å². The molecule has 0 spiro atoms. The second-order valence-electron chi connectivity index (χ2n) is 9.00. The molecule has 0 radical (unpaired) electrons. The summed E-state index contributed by atoms with van der Waals surface area (Å²) in [6.45, 7) is 5.56. The summed E-state index contributed by atoms with van der Waals surface area (Å²) in [5, 5.41) is 3.07. The Kier molecular flexibility index (Phi) is 7.49. The minimum atomic E-state index is -0.845. The number of esters is 1. The molecule has 1 fully saturated rings. The number of amides is 1. The number of methoxy groups -OCH3 is 1. The number of nitrogens with zero attached hydrogens (tertiary/aromatic N) is 3. The van der Waals surface area contributed by atoms with Gasteiger partial charge in [-0.2, -0.15) is 4.98 Å². The van der Waals surface area contributed by atoms with Crippen molar-refractivity contribution in [2.24, 2.45) is 11.8 Å². The largest absolute Gasteiger partial charge is 0.493 e. The standard InChI is InChI=1S/C25H32N4O5/c1-16(2)22(23(30)27-19-11-15-33-20-7-5-4-6-18(19)20)34-24(31)17-9-13-29(14-10-17)25-26-12-8-21(28-25)32-3/h4-8,12,16-17,19,22H,9-11,13-15H2,1-3H3,(H,27,30)/t19-,22+/m1/s1. The first-order valence-corrected chi connectivity index (χ1v) is 11.8. The Hall–Kier alpha value is -3.36. The predicted octanol–water partition coefficient (Wildman–Crippen LogP) is 2.91. The van der Waals surface area contributed by atoms with Crippen molar-refractivity contribution in [1.82, 2.24) is 15.3 Å². The SMILES string of the molecule is COc1ccnc(N2CCC(C(=O)O[C@H](C(=O)N[C@@H]3CCOc4ccccc43)C(C)C)CC2)n1. The number of rotatable bonds is 7. The number of piperidine rings is 1. The highest BCUT2D eigenvalue weighted by Crippen LogP contribution is 2.32. The molecule has 0 bridgehead atoms. The van der Waals surface area contributed by atoms with Crippen LogP contribution in [0.1, 0.15) is 44.7 Å². The summed E-state index contributed by atoms with van der Waals surface area (Å²) in [5.74, 6) is 0.861. The van der Waals surface area contributed by atoms with Gasteiger partial charge in [0, 0.05) is 37.3 Å². The molecule has 0 aliphatic carbocycles. The Morgan fingerprint density at radius 3 is 2.65 bits per heavy atom. The van der Waals surface area contributed by atoms with E-state index in [-0.39, 0.29) is 29.8 Å². The van der Waals surface area contributed by atoms with E-state index in [9.17, 15) is 9.59 Å². The fraction of sp³-hybridized carbons (Fsp3) is 0.520. The van der Waals surface area contributed by atoms with Gasteiger partial charge in [-0.15, -0.1) is 0 Å². The lowest BCUT2D eigenvalue weighted by atomic mass is 9.96. The Labute approximate surface area is 199 Å². The molecule has 182 valence electrons. The quantitative estimate of drug-likeness (QED) is 0.619. The highest BCUT2D eigenvalue weighted by atomic mass is 16.5. The van der Waals surface area contributed by atoms with Crippen LogP contribution >= 0.6 is 0 Å². The third kappa shape index (κ3) is 5.40. The molecule has 0 unspecified atom stereocenters. The first-order chi connectivity index (χ1) is 16.5. The number of fused-ring (bicyclic) bond motifs is 1. The summed E-state index contributed by atoms with van der Waals surface area (Å²) < 4.78 is 16.6. The number of carbonyl (C=O) groups is 2. The topological polar surface area (TPSA) is 103 Å². The monoisotopic (exact) mass is 468 g/mol. The van der Waals surface area contributed by atoms with Crippen molar-refractivity contribution in [2.75, 3.05) is 31.7 Å². The molecule has 2 aliphatic heterocycles. The second kappa shape index (κ2) is 10.7. The van der Waals surface area contributed by atoms with E-state index in [0.29, 0.717) is 50.8 Å². The number of hydrogen-bond donors (Lipinski definition) is 1. The molecule has 2 aliphatic rings. The highest BCUT2D eigenvalue weighted by molar-refractivity contribution is 5.85. The van der Waals surface area contributed by atoms with Crippen LogP contribution in [-0.4, -0.2) is 54.8 Å². The third-order valence-corrected chi connectivity index (χ3v) is 6.32. The summed E-state index contributed by atoms with van der Waals surface area (Å²) in [7, 11) is 1.57. The zero-order chi connectivity index (χ0) is 24.1. The van der Waals surface area contributed by atoms with E-state index in [1.807, 2.05) is 43.0 Å². The first-order valence-electron chi connectivity index (χ1n) is 11.8. The number of nitrogens with one attached hydrogen (secondary N) is 1. The smallest absolute Gasteiger partial charge is 0.309 e. The van der Waals surface area contributed by atoms with Gasteiger partial charge in [0.25, 0.3) is 5.91 Å². The van der Waals surface area contributed by atoms with Crippen molar-refractivity contribution in [1.29, 1.82) is 0 Å². The highest BCUT2D eigenvalue weighted by Gasteiger charge is 2.34. The molecule has 2 atom stereocenters. The maximum atomic E-state index is 13.1. The normalized spacial score (nSPS) is 19.1. The maximum Gasteiger partial charge on any atom is 0.309 e. The fourth-order valence-corrected chi connectivity index (χ4v) is 4.37. The van der Waals surface area contributed by atoms with Gasteiger partial charge in [0.05, 0.1) is 25.7 Å². The Morgan fingerprint density at radius 2 is 1.91 bits per heavy atom. The molecule has 3 heterocycles. The third-order valence-electron chi connectivity index (χ3n) is 6.32. The van der Waals surface area contributed by atoms with E-state index in [2.05, 4.69) is 15.3 Å². The molecule has 34 heavy (non-hydrogen) atoms. The van der Waals surface area contributed by atoms with Crippen molar-refractivity contribution in [2.45, 2.75) is 45.3 Å². The van der Waals surface area contributed by atoms with Gasteiger partial charge in [0.1, 0.15) is 5.75 Å². The summed E-state index contributed by atoms with van der Waals surface area (Å²) in [4.78, 5) is 36.8. The number of carbonyl (C=O) groups excluding carboxylic acids is 2. The molecule has 1 aromatic carbocycles. The van der Waals surface area contributed by atoms with Crippen LogP contribution in [-0.2, 0) is 14.3 Å². The van der Waals surface area contributed by atoms with Crippen molar-refractivity contribution in [3.63, 3.8) is 0 Å². The van der Waals surface area contributed by atoms with Gasteiger partial charge in [0.15, 0.2) is 6.10 Å². The number of hydrogen-bond acceptors (Lipinski definition) is 8. The Balaban J connectivity index is 1.34. The first kappa shape index (κ1) is 23.8. The minimum absolute atomic E-state index is 0.149. The lowest BCUT2D eigenvalue weighted by Gasteiger charge is -2.32. The van der Waals surface area contributed by atoms with E-state index in [1.165, 1.54) is 0 Å². The molecule has 1 amide bonds. The van der Waals surface area contributed by atoms with Crippen molar-refractivity contribution in [3.05, 3.63) is 42.1 Å². The van der Waals surface area contributed by atoms with Crippen molar-refractivity contribution in [3.8, 4) is 11.6 Å². The molecule has 9 heteroatoms. The molecule has 4 rings (SSSR count). The lowest BCUT2D eigenvalue weighted by Crippen LogP contribution is -2.45. The van der Waals surface area contributed by atoms with Crippen LogP contribution in [0.4, 0.5) is 5.95 Å². The summed E-state index contributed by atoms with van der Waals surface area (Å²) in [6.07, 6.45) is 2.71. The summed E-state index contributed by atoms with van der Waals surface area (Å²) >= 11 is 0. The minimum Gasteiger partial charge on any atom is -0.493 e. The maximum absolute atomic E-state index is 13.1. The van der Waals surface area contributed by atoms with Crippen LogP contribution < -0.4 is 19.7 Å². The van der Waals surface area contributed by atoms with Crippen LogP contribution in [0, 0.1) is 11.8 Å². The number of anilines is 1. The average Bonchev–Trinajstić information content (AvgIpc) is 2.87. The van der Waals surface area contributed by atoms with E-state index in [1.54, 1.807) is 19.4 Å². The predicted molar refractivity (Wildman–Crippen MR) is 126 cm³/mol. The van der Waals surface area contributed by atoms with Gasteiger partial charge in [-0.3, -0.25) is 9.59 Å². The number of aromatic nitrogens is 2. The Morgan fingerprint density at radius 1 is 1.15 bits per heavy atom. The summed E-state index contributed by atoms with van der Waals surface area (Å²) in [6, 6.07) is 9.22. The van der Waals surface area contributed by atoms with Crippen LogP contribution in [0.25, 0.3) is 0 Å². The van der Waals surface area contributed by atoms with Gasteiger partial charge in [-0.05, 0) is 24.8 Å². The molecule has 2 aromatic rings. The molecule has 1 aromatic heterocycles. The van der Waals surface area contributed by atoms with Crippen LogP contribution in [0.3, 0.4) is 0 Å². The summed E-state index contributed by atoms with van der Waals surface area (Å²) in [5.41, 5.74) is 0.947. The van der Waals surface area contributed by atoms with E-state index >= 15 is 0 Å². The zero-order valence-electron chi connectivity index (χ0n) is 19.9. The second-order valence-corrected chi connectivity index (χ2v) is 9.00. The van der Waals surface area contributed by atoms with Gasteiger partial charge >= 0.3 is 5.97 Å². The van der Waals surface area contributed by atoms with Gasteiger partial charge in [-0.25, -0.2) is 4.98 Å². The molecule has 0 saturated carbocycles. The van der Waals surface area contributed by atoms with Crippen LogP contribution in [0.2, 0.25) is 0 Å². The van der Waals surface area contributed by atoms with Gasteiger partial charge in [-0.1, -0.05) is 32.0 Å². The van der Waals surface area contributed by atoms with E-state index in [0.717, 1.165) is 11.3 Å². The number of ether oxygens (including phenoxy) is 3. The average molecular weight is 469 g/mol. The van der Waals surface area contributed by atoms with E-state index in [4.69, 9.17) is 14.2 Å². The Bertz CT molecular complexity index is 1010. The van der Waals surface area contributed by atoms with Crippen molar-refractivity contribution >= 4 is 17.8 Å². The number of benzene rings is 1. The molecule has 9 nitrogen and oxygen atoms in total. The van der Waals surface area contributed by atoms with Crippen LogP contribution in [0.15, 0.2) is 36.5 Å². The zero-order valence-corrected chi connectivity index (χ0v) is 19.9. The molecular formula is C25H32N4O5. The molecular weight excluding hydrogens is 436 g/mol. The molecule has 1 saturated heterocycles. The van der Waals surface area contributed by atoms with E-state index < -0.39 is 6.10 Å². The fourth-order valence-electron chi connectivity index (χ4n) is 4.37. The van der Waals surface area contributed by atoms with Gasteiger partial charge in [0.2, 0.25) is 11.8 Å². The lowest BCUT2D eigenvalue weighted by molar-refractivity contribution is -0.163. The van der Waals surface area contributed by atoms with Crippen LogP contribution in [0.5, 0.6) is 11.6 Å². The molecule has 1 N–H and O–H groups in total. The number of para-hydroxylation sites is 1. The van der Waals surface area contributed by atoms with Crippen molar-refractivity contribution < 1.29 is 23.8 Å².